The number of ketones is 1. The Morgan fingerprint density at radius 1 is 1.10 bits per heavy atom. The third-order valence-corrected chi connectivity index (χ3v) is 0.644. The number of nitriles is 2. The summed E-state index contributed by atoms with van der Waals surface area (Å²) in [7, 11) is 0. The van der Waals surface area contributed by atoms with E-state index in [-0.39, 0.29) is 5.78 Å². The lowest BCUT2D eigenvalue weighted by Crippen LogP contribution is -1.82. The highest BCUT2D eigenvalue weighted by Gasteiger charge is 1.84. The van der Waals surface area contributed by atoms with Crippen LogP contribution < -0.4 is 0 Å². The van der Waals surface area contributed by atoms with Crippen LogP contribution in [0, 0.1) is 22.7 Å². The van der Waals surface area contributed by atoms with Gasteiger partial charge in [0.1, 0.15) is 0 Å². The highest BCUT2D eigenvalue weighted by atomic mass is 16.1. The summed E-state index contributed by atoms with van der Waals surface area (Å²) in [6.45, 7) is 0. The number of carbonyl (C=O) groups is 1. The molecule has 0 aromatic carbocycles. The molecular formula is C7H4N2O. The van der Waals surface area contributed by atoms with Gasteiger partial charge in [-0.1, -0.05) is 0 Å². The molecule has 0 aliphatic carbocycles. The van der Waals surface area contributed by atoms with Crippen molar-refractivity contribution in [3.8, 4) is 12.1 Å². The number of hydrogen-bond donors (Lipinski definition) is 0. The molecule has 48 valence electrons. The molecule has 0 fully saturated rings. The molecule has 0 radical (unpaired) electrons. The molecule has 10 heavy (non-hydrogen) atoms. The molecular weight excluding hydrogens is 128 g/mol. The fourth-order valence-corrected chi connectivity index (χ4v) is 0.294. The van der Waals surface area contributed by atoms with Gasteiger partial charge in [-0.25, -0.2) is 0 Å². The molecule has 0 N–H and O–H groups in total. The molecule has 0 aromatic heterocycles. The van der Waals surface area contributed by atoms with E-state index in [1.165, 1.54) is 0 Å². The van der Waals surface area contributed by atoms with Crippen LogP contribution in [0.5, 0.6) is 0 Å². The maximum Gasteiger partial charge on any atom is 0.180 e. The van der Waals surface area contributed by atoms with E-state index in [1.54, 1.807) is 12.1 Å². The Bertz CT molecular complexity index is 224. The summed E-state index contributed by atoms with van der Waals surface area (Å²) in [6.07, 6.45) is 4.30. The Labute approximate surface area is 58.5 Å². The van der Waals surface area contributed by atoms with E-state index >= 15 is 0 Å². The smallest absolute Gasteiger partial charge is 0.180 e. The van der Waals surface area contributed by atoms with Gasteiger partial charge in [0.25, 0.3) is 0 Å². The van der Waals surface area contributed by atoms with Crippen LogP contribution in [0.3, 0.4) is 0 Å². The van der Waals surface area contributed by atoms with Gasteiger partial charge in [-0.15, -0.1) is 0 Å². The van der Waals surface area contributed by atoms with Gasteiger partial charge in [-0.05, 0) is 12.2 Å². The van der Waals surface area contributed by atoms with Crippen molar-refractivity contribution >= 4 is 5.78 Å². The number of allylic oxidation sites excluding steroid dienone is 4. The summed E-state index contributed by atoms with van der Waals surface area (Å²) in [5.74, 6) is -0.358. The van der Waals surface area contributed by atoms with E-state index in [2.05, 4.69) is 0 Å². The summed E-state index contributed by atoms with van der Waals surface area (Å²) >= 11 is 0. The standard InChI is InChI=1S/C7H4N2O/c8-5-1-3-7(10)4-2-6-9/h1-4H/b3-1+,4-2+. The van der Waals surface area contributed by atoms with Crippen molar-refractivity contribution in [3.63, 3.8) is 0 Å². The maximum absolute atomic E-state index is 10.5. The lowest BCUT2D eigenvalue weighted by molar-refractivity contribution is -0.110. The Morgan fingerprint density at radius 3 is 1.80 bits per heavy atom. The highest BCUT2D eigenvalue weighted by Crippen LogP contribution is 1.78. The average Bonchev–Trinajstić information content (AvgIpc) is 1.97. The third-order valence-electron chi connectivity index (χ3n) is 0.644. The van der Waals surface area contributed by atoms with Crippen LogP contribution in [0.15, 0.2) is 24.3 Å². The SMILES string of the molecule is N#C/C=C/C(=O)/C=C/C#N. The highest BCUT2D eigenvalue weighted by molar-refractivity contribution is 5.99. The Hall–Kier alpha value is -1.87. The fraction of sp³-hybridized carbons (Fsp3) is 0. The van der Waals surface area contributed by atoms with Gasteiger partial charge >= 0.3 is 0 Å². The van der Waals surface area contributed by atoms with Crippen molar-refractivity contribution in [1.29, 1.82) is 10.5 Å². The first kappa shape index (κ1) is 8.13. The first-order valence-electron chi connectivity index (χ1n) is 2.47. The zero-order valence-corrected chi connectivity index (χ0v) is 5.11. The molecule has 0 saturated heterocycles. The molecule has 0 atom stereocenters. The molecule has 0 amide bonds. The Kier molecular flexibility index (Phi) is 4.28. The predicted molar refractivity (Wildman–Crippen MR) is 34.5 cm³/mol. The van der Waals surface area contributed by atoms with E-state index in [9.17, 15) is 4.79 Å². The summed E-state index contributed by atoms with van der Waals surface area (Å²) in [4.78, 5) is 10.5. The van der Waals surface area contributed by atoms with Crippen molar-refractivity contribution < 1.29 is 4.79 Å². The Balaban J connectivity index is 3.93. The van der Waals surface area contributed by atoms with Crippen LogP contribution in [0.4, 0.5) is 0 Å². The van der Waals surface area contributed by atoms with Crippen molar-refractivity contribution in [2.24, 2.45) is 0 Å². The molecule has 3 heteroatoms. The van der Waals surface area contributed by atoms with E-state index in [0.717, 1.165) is 24.3 Å². The minimum atomic E-state index is -0.358. The number of nitrogens with zero attached hydrogens (tertiary/aromatic N) is 2. The van der Waals surface area contributed by atoms with E-state index in [1.807, 2.05) is 0 Å². The monoisotopic (exact) mass is 132 g/mol. The van der Waals surface area contributed by atoms with Gasteiger partial charge in [-0.2, -0.15) is 10.5 Å². The minimum Gasteiger partial charge on any atom is -0.290 e. The third kappa shape index (κ3) is 4.29. The molecule has 3 nitrogen and oxygen atoms in total. The van der Waals surface area contributed by atoms with Gasteiger partial charge in [-0.3, -0.25) is 4.79 Å². The molecule has 0 spiro atoms. The zero-order chi connectivity index (χ0) is 7.82. The van der Waals surface area contributed by atoms with E-state index in [4.69, 9.17) is 10.5 Å². The van der Waals surface area contributed by atoms with Gasteiger partial charge < -0.3 is 0 Å². The van der Waals surface area contributed by atoms with Crippen LogP contribution in [-0.4, -0.2) is 5.78 Å². The van der Waals surface area contributed by atoms with Gasteiger partial charge in [0.05, 0.1) is 12.1 Å². The second-order valence-corrected chi connectivity index (χ2v) is 1.33. The molecule has 0 aliphatic rings. The van der Waals surface area contributed by atoms with E-state index < -0.39 is 0 Å². The zero-order valence-electron chi connectivity index (χ0n) is 5.11. The molecule has 0 rings (SSSR count). The van der Waals surface area contributed by atoms with Gasteiger partial charge in [0, 0.05) is 12.2 Å². The van der Waals surface area contributed by atoms with Gasteiger partial charge in [0.15, 0.2) is 5.78 Å². The lowest BCUT2D eigenvalue weighted by Gasteiger charge is -1.73. The first-order chi connectivity index (χ1) is 4.81. The number of rotatable bonds is 2. The summed E-state index contributed by atoms with van der Waals surface area (Å²) in [5.41, 5.74) is 0. The minimum absolute atomic E-state index is 0.358. The topological polar surface area (TPSA) is 64.7 Å². The summed E-state index contributed by atoms with van der Waals surface area (Å²) in [6, 6.07) is 3.31. The molecule has 0 aliphatic heterocycles. The van der Waals surface area contributed by atoms with E-state index in [0.29, 0.717) is 0 Å². The van der Waals surface area contributed by atoms with Crippen LogP contribution in [-0.2, 0) is 4.79 Å². The number of carbonyl (C=O) groups excluding carboxylic acids is 1. The fourth-order valence-electron chi connectivity index (χ4n) is 0.294. The molecule has 0 aromatic rings. The van der Waals surface area contributed by atoms with Crippen LogP contribution in [0.1, 0.15) is 0 Å². The number of hydrogen-bond acceptors (Lipinski definition) is 3. The molecule has 0 saturated carbocycles. The summed E-state index contributed by atoms with van der Waals surface area (Å²) in [5, 5.41) is 15.9. The lowest BCUT2D eigenvalue weighted by atomic mass is 10.3. The van der Waals surface area contributed by atoms with Gasteiger partial charge in [0.2, 0.25) is 0 Å². The quantitative estimate of drug-likeness (QED) is 0.410. The predicted octanol–water partition coefficient (Wildman–Crippen LogP) is 0.715. The molecule has 0 unspecified atom stereocenters. The molecule has 0 bridgehead atoms. The van der Waals surface area contributed by atoms with Crippen LogP contribution in [0.2, 0.25) is 0 Å². The summed E-state index contributed by atoms with van der Waals surface area (Å²) < 4.78 is 0. The maximum atomic E-state index is 10.5. The second-order valence-electron chi connectivity index (χ2n) is 1.33. The normalized spacial score (nSPS) is 9.40. The first-order valence-corrected chi connectivity index (χ1v) is 2.47. The van der Waals surface area contributed by atoms with Crippen molar-refractivity contribution in [1.82, 2.24) is 0 Å². The van der Waals surface area contributed by atoms with Crippen LogP contribution in [0.25, 0.3) is 0 Å². The molecule has 0 heterocycles. The Morgan fingerprint density at radius 2 is 1.50 bits per heavy atom. The second kappa shape index (κ2) is 5.27. The largest absolute Gasteiger partial charge is 0.290 e. The van der Waals surface area contributed by atoms with Crippen molar-refractivity contribution in [2.75, 3.05) is 0 Å². The van der Waals surface area contributed by atoms with Crippen LogP contribution >= 0.6 is 0 Å². The van der Waals surface area contributed by atoms with Crippen molar-refractivity contribution in [3.05, 3.63) is 24.3 Å². The average molecular weight is 132 g/mol. The van der Waals surface area contributed by atoms with Crippen molar-refractivity contribution in [2.45, 2.75) is 0 Å².